The van der Waals surface area contributed by atoms with Gasteiger partial charge < -0.3 is 10.2 Å². The zero-order valence-electron chi connectivity index (χ0n) is 14.7. The highest BCUT2D eigenvalue weighted by Crippen LogP contribution is 2.41. The third kappa shape index (κ3) is 4.12. The second-order valence-corrected chi connectivity index (χ2v) is 6.53. The second-order valence-electron chi connectivity index (χ2n) is 6.53. The summed E-state index contributed by atoms with van der Waals surface area (Å²) in [5.41, 5.74) is 3.00. The molecule has 4 heteroatoms. The highest BCUT2D eigenvalue weighted by atomic mass is 16.2. The van der Waals surface area contributed by atoms with Crippen molar-refractivity contribution in [1.29, 1.82) is 0 Å². The quantitative estimate of drug-likeness (QED) is 0.836. The third-order valence-corrected chi connectivity index (χ3v) is 4.47. The van der Waals surface area contributed by atoms with Crippen molar-refractivity contribution < 1.29 is 9.59 Å². The maximum absolute atomic E-state index is 12.5. The van der Waals surface area contributed by atoms with Crippen molar-refractivity contribution in [2.24, 2.45) is 11.8 Å². The van der Waals surface area contributed by atoms with E-state index in [0.29, 0.717) is 6.42 Å². The lowest BCUT2D eigenvalue weighted by atomic mass is 10.1. The summed E-state index contributed by atoms with van der Waals surface area (Å²) in [5.74, 6) is -0.167. The van der Waals surface area contributed by atoms with Crippen LogP contribution in [-0.2, 0) is 9.59 Å². The first kappa shape index (κ1) is 17.5. The van der Waals surface area contributed by atoms with E-state index in [1.807, 2.05) is 36.9 Å². The summed E-state index contributed by atoms with van der Waals surface area (Å²) in [6, 6.07) is 5.96. The number of hydrogen-bond acceptors (Lipinski definition) is 2. The molecule has 126 valence electrons. The van der Waals surface area contributed by atoms with Crippen LogP contribution in [0.1, 0.15) is 44.2 Å². The summed E-state index contributed by atoms with van der Waals surface area (Å²) in [7, 11) is 0. The first-order valence-electron chi connectivity index (χ1n) is 8.65. The normalized spacial score (nSPS) is 19.3. The molecule has 0 saturated heterocycles. The molecule has 0 heterocycles. The standard InChI is InChI=1S/C19H28N2O2/c1-5-10-21(11-6-2)19(23)16-12-15(16)18(22)20-17-13(3)8-7-9-14(17)4/h7-9,15-16H,5-6,10-12H2,1-4H3,(H,20,22). The Labute approximate surface area is 139 Å². The van der Waals surface area contributed by atoms with Gasteiger partial charge in [0.2, 0.25) is 11.8 Å². The lowest BCUT2D eigenvalue weighted by Gasteiger charge is -2.21. The second kappa shape index (κ2) is 7.62. The summed E-state index contributed by atoms with van der Waals surface area (Å²) in [4.78, 5) is 26.9. The number of benzene rings is 1. The fourth-order valence-corrected chi connectivity index (χ4v) is 3.09. The summed E-state index contributed by atoms with van der Waals surface area (Å²) < 4.78 is 0. The maximum Gasteiger partial charge on any atom is 0.228 e. The van der Waals surface area contributed by atoms with Gasteiger partial charge in [0.15, 0.2) is 0 Å². The van der Waals surface area contributed by atoms with E-state index < -0.39 is 0 Å². The molecule has 0 aliphatic heterocycles. The number of para-hydroxylation sites is 1. The molecule has 4 nitrogen and oxygen atoms in total. The average molecular weight is 316 g/mol. The fourth-order valence-electron chi connectivity index (χ4n) is 3.09. The zero-order valence-corrected chi connectivity index (χ0v) is 14.7. The fraction of sp³-hybridized carbons (Fsp3) is 0.579. The summed E-state index contributed by atoms with van der Waals surface area (Å²) in [6.45, 7) is 9.70. The first-order valence-corrected chi connectivity index (χ1v) is 8.65. The first-order chi connectivity index (χ1) is 11.0. The molecule has 2 unspecified atom stereocenters. The topological polar surface area (TPSA) is 49.4 Å². The summed E-state index contributed by atoms with van der Waals surface area (Å²) >= 11 is 0. The van der Waals surface area contributed by atoms with E-state index in [2.05, 4.69) is 19.2 Å². The largest absolute Gasteiger partial charge is 0.342 e. The van der Waals surface area contributed by atoms with Crippen LogP contribution in [0.25, 0.3) is 0 Å². The molecule has 1 fully saturated rings. The van der Waals surface area contributed by atoms with Crippen molar-refractivity contribution in [3.63, 3.8) is 0 Å². The lowest BCUT2D eigenvalue weighted by molar-refractivity contribution is -0.134. The van der Waals surface area contributed by atoms with Crippen LogP contribution in [0.5, 0.6) is 0 Å². The Kier molecular flexibility index (Phi) is 5.80. The Bertz CT molecular complexity index is 556. The third-order valence-electron chi connectivity index (χ3n) is 4.47. The Morgan fingerprint density at radius 2 is 1.65 bits per heavy atom. The van der Waals surface area contributed by atoms with Crippen LogP contribution in [0.3, 0.4) is 0 Å². The minimum Gasteiger partial charge on any atom is -0.342 e. The number of carbonyl (C=O) groups excluding carboxylic acids is 2. The molecular formula is C19H28N2O2. The van der Waals surface area contributed by atoms with E-state index in [0.717, 1.165) is 42.7 Å². The predicted octanol–water partition coefficient (Wildman–Crippen LogP) is 3.53. The van der Waals surface area contributed by atoms with Crippen LogP contribution < -0.4 is 5.32 Å². The Morgan fingerprint density at radius 1 is 1.09 bits per heavy atom. The van der Waals surface area contributed by atoms with Gasteiger partial charge in [-0.2, -0.15) is 0 Å². The molecule has 2 rings (SSSR count). The van der Waals surface area contributed by atoms with Crippen molar-refractivity contribution >= 4 is 17.5 Å². The Hall–Kier alpha value is -1.84. The van der Waals surface area contributed by atoms with E-state index in [4.69, 9.17) is 0 Å². The molecule has 1 aromatic carbocycles. The SMILES string of the molecule is CCCN(CCC)C(=O)C1CC1C(=O)Nc1c(C)cccc1C. The number of nitrogens with one attached hydrogen (secondary N) is 1. The van der Waals surface area contributed by atoms with Crippen LogP contribution in [0.2, 0.25) is 0 Å². The molecule has 0 bridgehead atoms. The molecule has 1 aliphatic rings. The number of aryl methyl sites for hydroxylation is 2. The van der Waals surface area contributed by atoms with Crippen LogP contribution in [0.4, 0.5) is 5.69 Å². The molecule has 1 N–H and O–H groups in total. The van der Waals surface area contributed by atoms with Crippen molar-refractivity contribution in [3.05, 3.63) is 29.3 Å². The Morgan fingerprint density at radius 3 is 2.17 bits per heavy atom. The highest BCUT2D eigenvalue weighted by Gasteiger charge is 2.49. The van der Waals surface area contributed by atoms with Crippen LogP contribution in [0, 0.1) is 25.7 Å². The molecule has 2 atom stereocenters. The maximum atomic E-state index is 12.5. The summed E-state index contributed by atoms with van der Waals surface area (Å²) in [5, 5.41) is 3.02. The molecule has 0 radical (unpaired) electrons. The van der Waals surface area contributed by atoms with Gasteiger partial charge >= 0.3 is 0 Å². The summed E-state index contributed by atoms with van der Waals surface area (Å²) in [6.07, 6.45) is 2.59. The molecule has 1 aliphatic carbocycles. The minimum atomic E-state index is -0.169. The highest BCUT2D eigenvalue weighted by molar-refractivity contribution is 6.00. The Balaban J connectivity index is 1.97. The number of carbonyl (C=O) groups is 2. The number of anilines is 1. The number of amides is 2. The van der Waals surface area contributed by atoms with E-state index in [-0.39, 0.29) is 23.7 Å². The van der Waals surface area contributed by atoms with Crippen LogP contribution in [-0.4, -0.2) is 29.8 Å². The van der Waals surface area contributed by atoms with Crippen molar-refractivity contribution in [2.75, 3.05) is 18.4 Å². The minimum absolute atomic E-state index is 0.0197. The molecule has 0 aromatic heterocycles. The van der Waals surface area contributed by atoms with Gasteiger partial charge in [-0.3, -0.25) is 9.59 Å². The van der Waals surface area contributed by atoms with Gasteiger partial charge in [-0.25, -0.2) is 0 Å². The van der Waals surface area contributed by atoms with E-state index in [1.165, 1.54) is 0 Å². The van der Waals surface area contributed by atoms with E-state index >= 15 is 0 Å². The predicted molar refractivity (Wildman–Crippen MR) is 93.3 cm³/mol. The number of hydrogen-bond donors (Lipinski definition) is 1. The van der Waals surface area contributed by atoms with E-state index in [1.54, 1.807) is 0 Å². The van der Waals surface area contributed by atoms with Gasteiger partial charge in [0, 0.05) is 18.8 Å². The zero-order chi connectivity index (χ0) is 17.0. The molecule has 2 amide bonds. The van der Waals surface area contributed by atoms with Crippen molar-refractivity contribution in [1.82, 2.24) is 4.90 Å². The molecule has 23 heavy (non-hydrogen) atoms. The van der Waals surface area contributed by atoms with Crippen molar-refractivity contribution in [3.8, 4) is 0 Å². The molecular weight excluding hydrogens is 288 g/mol. The monoisotopic (exact) mass is 316 g/mol. The molecule has 1 aromatic rings. The smallest absolute Gasteiger partial charge is 0.228 e. The number of nitrogens with zero attached hydrogens (tertiary/aromatic N) is 1. The van der Waals surface area contributed by atoms with Gasteiger partial charge in [0.1, 0.15) is 0 Å². The van der Waals surface area contributed by atoms with Gasteiger partial charge in [-0.15, -0.1) is 0 Å². The van der Waals surface area contributed by atoms with Crippen molar-refractivity contribution in [2.45, 2.75) is 47.0 Å². The average Bonchev–Trinajstić information content (AvgIpc) is 3.30. The van der Waals surface area contributed by atoms with Gasteiger partial charge in [0.05, 0.1) is 11.8 Å². The molecule has 0 spiro atoms. The molecule has 1 saturated carbocycles. The van der Waals surface area contributed by atoms with Gasteiger partial charge in [-0.05, 0) is 44.2 Å². The number of rotatable bonds is 7. The van der Waals surface area contributed by atoms with Crippen LogP contribution in [0.15, 0.2) is 18.2 Å². The van der Waals surface area contributed by atoms with Gasteiger partial charge in [-0.1, -0.05) is 32.0 Å². The lowest BCUT2D eigenvalue weighted by Crippen LogP contribution is -2.34. The van der Waals surface area contributed by atoms with Crippen LogP contribution >= 0.6 is 0 Å². The van der Waals surface area contributed by atoms with E-state index in [9.17, 15) is 9.59 Å². The van der Waals surface area contributed by atoms with Gasteiger partial charge in [0.25, 0.3) is 0 Å².